The lowest BCUT2D eigenvalue weighted by molar-refractivity contribution is 0.572. The van der Waals surface area contributed by atoms with Crippen LogP contribution in [0.15, 0.2) is 64.2 Å². The normalized spacial score (nSPS) is 11.0. The molecule has 0 bridgehead atoms. The molecule has 28 heavy (non-hydrogen) atoms. The summed E-state index contributed by atoms with van der Waals surface area (Å²) in [6.45, 7) is 3.05. The molecule has 0 spiro atoms. The minimum absolute atomic E-state index is 0. The SMILES string of the molecule is CN=C(NCCc1coc(-c2ccc(C)cc2)n1)NCc1ccccc1F.I. The second-order valence-electron chi connectivity index (χ2n) is 6.20. The van der Waals surface area contributed by atoms with Crippen molar-refractivity contribution < 1.29 is 8.81 Å². The number of nitrogens with one attached hydrogen (secondary N) is 2. The zero-order valence-corrected chi connectivity index (χ0v) is 18.2. The molecule has 3 aromatic rings. The standard InChI is InChI=1S/C21H23FN4O.HI/c1-15-7-9-16(10-8-15)20-26-18(14-27-20)11-12-24-21(23-2)25-13-17-5-3-4-6-19(17)22;/h3-10,14H,11-13H2,1-2H3,(H2,23,24,25);1H. The fourth-order valence-corrected chi connectivity index (χ4v) is 2.60. The maximum atomic E-state index is 13.7. The molecule has 2 N–H and O–H groups in total. The Morgan fingerprint density at radius 1 is 1.11 bits per heavy atom. The molecule has 0 saturated carbocycles. The van der Waals surface area contributed by atoms with Gasteiger partial charge in [-0.2, -0.15) is 0 Å². The summed E-state index contributed by atoms with van der Waals surface area (Å²) in [6, 6.07) is 14.7. The molecule has 0 radical (unpaired) electrons. The van der Waals surface area contributed by atoms with Crippen LogP contribution in [-0.4, -0.2) is 24.5 Å². The van der Waals surface area contributed by atoms with E-state index in [1.807, 2.05) is 37.3 Å². The van der Waals surface area contributed by atoms with Gasteiger partial charge in [-0.05, 0) is 25.1 Å². The monoisotopic (exact) mass is 494 g/mol. The van der Waals surface area contributed by atoms with E-state index in [4.69, 9.17) is 4.42 Å². The molecular formula is C21H24FIN4O. The van der Waals surface area contributed by atoms with Crippen molar-refractivity contribution in [1.29, 1.82) is 0 Å². The van der Waals surface area contributed by atoms with Gasteiger partial charge in [0.2, 0.25) is 5.89 Å². The van der Waals surface area contributed by atoms with Crippen LogP contribution in [0, 0.1) is 12.7 Å². The third kappa shape index (κ3) is 6.05. The number of hydrogen-bond acceptors (Lipinski definition) is 3. The summed E-state index contributed by atoms with van der Waals surface area (Å²) in [4.78, 5) is 8.67. The first-order chi connectivity index (χ1) is 13.2. The third-order valence-electron chi connectivity index (χ3n) is 4.15. The molecule has 0 amide bonds. The number of aromatic nitrogens is 1. The Hall–Kier alpha value is -2.42. The summed E-state index contributed by atoms with van der Waals surface area (Å²) in [6.07, 6.45) is 2.36. The number of guanidine groups is 1. The van der Waals surface area contributed by atoms with E-state index in [-0.39, 0.29) is 29.8 Å². The van der Waals surface area contributed by atoms with E-state index in [1.165, 1.54) is 11.6 Å². The molecule has 0 fully saturated rings. The Labute approximate surface area is 181 Å². The van der Waals surface area contributed by atoms with Crippen molar-refractivity contribution in [2.45, 2.75) is 19.9 Å². The van der Waals surface area contributed by atoms with Crippen LogP contribution >= 0.6 is 24.0 Å². The van der Waals surface area contributed by atoms with Gasteiger partial charge in [-0.3, -0.25) is 4.99 Å². The van der Waals surface area contributed by atoms with E-state index in [9.17, 15) is 4.39 Å². The van der Waals surface area contributed by atoms with Crippen molar-refractivity contribution in [2.24, 2.45) is 4.99 Å². The van der Waals surface area contributed by atoms with Crippen molar-refractivity contribution >= 4 is 29.9 Å². The van der Waals surface area contributed by atoms with Gasteiger partial charge in [0.1, 0.15) is 12.1 Å². The molecule has 2 aromatic carbocycles. The van der Waals surface area contributed by atoms with Gasteiger partial charge < -0.3 is 15.1 Å². The first-order valence-corrected chi connectivity index (χ1v) is 8.85. The van der Waals surface area contributed by atoms with Gasteiger partial charge in [0.25, 0.3) is 0 Å². The number of aryl methyl sites for hydroxylation is 1. The van der Waals surface area contributed by atoms with Gasteiger partial charge in [0.05, 0.1) is 5.69 Å². The Morgan fingerprint density at radius 3 is 2.57 bits per heavy atom. The number of oxazole rings is 1. The van der Waals surface area contributed by atoms with Crippen LogP contribution in [0.4, 0.5) is 4.39 Å². The number of halogens is 2. The molecule has 0 unspecified atom stereocenters. The first kappa shape index (κ1) is 21.9. The molecule has 1 heterocycles. The average molecular weight is 494 g/mol. The summed E-state index contributed by atoms with van der Waals surface area (Å²) in [5.74, 6) is 0.999. The highest BCUT2D eigenvalue weighted by Gasteiger charge is 2.07. The molecule has 148 valence electrons. The predicted octanol–water partition coefficient (Wildman–Crippen LogP) is 4.31. The van der Waals surface area contributed by atoms with E-state index in [2.05, 4.69) is 20.6 Å². The topological polar surface area (TPSA) is 62.5 Å². The van der Waals surface area contributed by atoms with Crippen LogP contribution in [0.3, 0.4) is 0 Å². The number of nitrogens with zero attached hydrogens (tertiary/aromatic N) is 2. The molecule has 7 heteroatoms. The van der Waals surface area contributed by atoms with Gasteiger partial charge in [0.15, 0.2) is 5.96 Å². The zero-order chi connectivity index (χ0) is 19.1. The summed E-state index contributed by atoms with van der Waals surface area (Å²) < 4.78 is 19.2. The molecule has 1 aromatic heterocycles. The first-order valence-electron chi connectivity index (χ1n) is 8.85. The van der Waals surface area contributed by atoms with E-state index in [0.29, 0.717) is 36.9 Å². The van der Waals surface area contributed by atoms with Crippen LogP contribution in [0.25, 0.3) is 11.5 Å². The fourth-order valence-electron chi connectivity index (χ4n) is 2.60. The lowest BCUT2D eigenvalue weighted by atomic mass is 10.1. The Bertz CT molecular complexity index is 909. The van der Waals surface area contributed by atoms with Gasteiger partial charge in [-0.15, -0.1) is 24.0 Å². The molecule has 5 nitrogen and oxygen atoms in total. The highest BCUT2D eigenvalue weighted by atomic mass is 127. The predicted molar refractivity (Wildman–Crippen MR) is 120 cm³/mol. The smallest absolute Gasteiger partial charge is 0.226 e. The van der Waals surface area contributed by atoms with Gasteiger partial charge >= 0.3 is 0 Å². The van der Waals surface area contributed by atoms with Crippen molar-refractivity contribution in [3.05, 3.63) is 77.4 Å². The summed E-state index contributed by atoms with van der Waals surface area (Å²) in [5, 5.41) is 6.30. The molecule has 0 aliphatic heterocycles. The molecule has 0 aliphatic carbocycles. The summed E-state index contributed by atoms with van der Waals surface area (Å²) in [5.41, 5.74) is 3.62. The van der Waals surface area contributed by atoms with Crippen LogP contribution < -0.4 is 10.6 Å². The Morgan fingerprint density at radius 2 is 1.86 bits per heavy atom. The van der Waals surface area contributed by atoms with Crippen LogP contribution in [0.1, 0.15) is 16.8 Å². The number of benzene rings is 2. The van der Waals surface area contributed by atoms with Crippen molar-refractivity contribution in [3.63, 3.8) is 0 Å². The van der Waals surface area contributed by atoms with Gasteiger partial charge in [-0.1, -0.05) is 35.9 Å². The molecular weight excluding hydrogens is 470 g/mol. The Balaban J connectivity index is 0.00000280. The largest absolute Gasteiger partial charge is 0.444 e. The second kappa shape index (κ2) is 10.8. The van der Waals surface area contributed by atoms with Crippen molar-refractivity contribution in [2.75, 3.05) is 13.6 Å². The maximum Gasteiger partial charge on any atom is 0.226 e. The summed E-state index contributed by atoms with van der Waals surface area (Å²) >= 11 is 0. The molecule has 0 saturated heterocycles. The summed E-state index contributed by atoms with van der Waals surface area (Å²) in [7, 11) is 1.68. The minimum atomic E-state index is -0.230. The van der Waals surface area contributed by atoms with Crippen LogP contribution in [-0.2, 0) is 13.0 Å². The lowest BCUT2D eigenvalue weighted by Gasteiger charge is -2.11. The molecule has 3 rings (SSSR count). The van der Waals surface area contributed by atoms with Crippen LogP contribution in [0.2, 0.25) is 0 Å². The average Bonchev–Trinajstić information content (AvgIpc) is 3.15. The highest BCUT2D eigenvalue weighted by molar-refractivity contribution is 14.0. The number of rotatable bonds is 6. The van der Waals surface area contributed by atoms with Gasteiger partial charge in [0, 0.05) is 37.7 Å². The quantitative estimate of drug-likeness (QED) is 0.305. The molecule has 0 atom stereocenters. The van der Waals surface area contributed by atoms with E-state index >= 15 is 0 Å². The fraction of sp³-hybridized carbons (Fsp3) is 0.238. The molecule has 0 aliphatic rings. The van der Waals surface area contributed by atoms with E-state index < -0.39 is 0 Å². The van der Waals surface area contributed by atoms with Crippen LogP contribution in [0.5, 0.6) is 0 Å². The minimum Gasteiger partial charge on any atom is -0.444 e. The maximum absolute atomic E-state index is 13.7. The Kier molecular flexibility index (Phi) is 8.43. The van der Waals surface area contributed by atoms with E-state index in [1.54, 1.807) is 25.4 Å². The number of hydrogen-bond donors (Lipinski definition) is 2. The van der Waals surface area contributed by atoms with E-state index in [0.717, 1.165) is 11.3 Å². The van der Waals surface area contributed by atoms with Crippen molar-refractivity contribution in [1.82, 2.24) is 15.6 Å². The second-order valence-corrected chi connectivity index (χ2v) is 6.20. The third-order valence-corrected chi connectivity index (χ3v) is 4.15. The van der Waals surface area contributed by atoms with Crippen molar-refractivity contribution in [3.8, 4) is 11.5 Å². The zero-order valence-electron chi connectivity index (χ0n) is 15.9. The highest BCUT2D eigenvalue weighted by Crippen LogP contribution is 2.19. The lowest BCUT2D eigenvalue weighted by Crippen LogP contribution is -2.38. The van der Waals surface area contributed by atoms with Gasteiger partial charge in [-0.25, -0.2) is 9.37 Å². The number of aliphatic imine (C=N–C) groups is 1.